The predicted octanol–water partition coefficient (Wildman–Crippen LogP) is 23.0. The van der Waals surface area contributed by atoms with Crippen molar-refractivity contribution in [1.82, 2.24) is 0 Å². The topological polar surface area (TPSA) is 59.0 Å². The average Bonchev–Trinajstić information content (AvgIpc) is 4.26. The fourth-order valence-corrected chi connectivity index (χ4v) is 12.6. The zero-order valence-corrected chi connectivity index (χ0v) is 46.3. The van der Waals surface area contributed by atoms with Crippen molar-refractivity contribution in [3.8, 4) is 0 Å². The molecule has 11 aromatic carbocycles. The van der Waals surface area contributed by atoms with Crippen LogP contribution >= 0.6 is 0 Å². The van der Waals surface area contributed by atoms with Crippen molar-refractivity contribution in [3.05, 3.63) is 216 Å². The van der Waals surface area contributed by atoms with E-state index in [1.54, 1.807) is 0 Å². The van der Waals surface area contributed by atoms with E-state index in [0.29, 0.717) is 23.7 Å². The molecule has 0 unspecified atom stereocenters. The summed E-state index contributed by atoms with van der Waals surface area (Å²) in [5.41, 5.74) is 18.1. The van der Waals surface area contributed by atoms with E-state index in [2.05, 4.69) is 259 Å². The summed E-state index contributed by atoms with van der Waals surface area (Å²) < 4.78 is 27.4. The zero-order chi connectivity index (χ0) is 54.2. The molecule has 0 aliphatic heterocycles. The summed E-state index contributed by atoms with van der Waals surface area (Å²) in [5.74, 6) is 1.49. The molecule has 6 heteroatoms. The van der Waals surface area contributed by atoms with Gasteiger partial charge in [-0.2, -0.15) is 0 Å². The highest BCUT2D eigenvalue weighted by Gasteiger charge is 2.25. The lowest BCUT2D eigenvalue weighted by atomic mass is 10.00. The van der Waals surface area contributed by atoms with Crippen molar-refractivity contribution < 1.29 is 17.7 Å². The smallest absolute Gasteiger partial charge is 0.159 e. The van der Waals surface area contributed by atoms with Gasteiger partial charge in [0.1, 0.15) is 33.5 Å². The summed E-state index contributed by atoms with van der Waals surface area (Å²) in [6, 6.07) is 70.7. The van der Waals surface area contributed by atoms with Crippen LogP contribution in [0.2, 0.25) is 0 Å². The van der Waals surface area contributed by atoms with Gasteiger partial charge in [0.05, 0.1) is 11.4 Å². The third-order valence-electron chi connectivity index (χ3n) is 16.9. The molecule has 0 saturated heterocycles. The number of hydrogen-bond donors (Lipinski definition) is 0. The number of benzene rings is 11. The van der Waals surface area contributed by atoms with Gasteiger partial charge in [-0.3, -0.25) is 0 Å². The highest BCUT2D eigenvalue weighted by Crippen LogP contribution is 2.48. The Hall–Kier alpha value is -9.26. The quantitative estimate of drug-likeness (QED) is 0.136. The number of anilines is 6. The van der Waals surface area contributed by atoms with E-state index in [4.69, 9.17) is 17.7 Å². The average molecular weight is 1040 g/mol. The van der Waals surface area contributed by atoms with Gasteiger partial charge in [0.15, 0.2) is 11.2 Å². The van der Waals surface area contributed by atoms with Gasteiger partial charge >= 0.3 is 0 Å². The third kappa shape index (κ3) is 7.52. The third-order valence-corrected chi connectivity index (χ3v) is 16.9. The van der Waals surface area contributed by atoms with Gasteiger partial charge in [0.25, 0.3) is 0 Å². The van der Waals surface area contributed by atoms with Gasteiger partial charge in [-0.1, -0.05) is 152 Å². The molecule has 0 saturated carbocycles. The summed E-state index contributed by atoms with van der Waals surface area (Å²) in [6.07, 6.45) is 0. The molecule has 15 aromatic rings. The van der Waals surface area contributed by atoms with E-state index in [1.807, 2.05) is 0 Å². The molecular weight excluding hydrogens is 981 g/mol. The van der Waals surface area contributed by atoms with Crippen LogP contribution in [-0.4, -0.2) is 0 Å². The van der Waals surface area contributed by atoms with Gasteiger partial charge in [0.2, 0.25) is 0 Å². The Morgan fingerprint density at radius 2 is 0.625 bits per heavy atom. The molecule has 0 bridgehead atoms. The number of nitrogens with zero attached hydrogens (tertiary/aromatic N) is 2. The van der Waals surface area contributed by atoms with Gasteiger partial charge in [0, 0.05) is 71.9 Å². The van der Waals surface area contributed by atoms with E-state index in [0.717, 1.165) is 143 Å². The van der Waals surface area contributed by atoms with Crippen LogP contribution < -0.4 is 9.80 Å². The summed E-state index contributed by atoms with van der Waals surface area (Å²) in [6.45, 7) is 17.9. The van der Waals surface area contributed by atoms with Crippen molar-refractivity contribution in [2.75, 3.05) is 9.80 Å². The molecule has 0 atom stereocenters. The van der Waals surface area contributed by atoms with E-state index in [-0.39, 0.29) is 0 Å². The Bertz CT molecular complexity index is 4660. The fraction of sp³-hybridized carbons (Fsp3) is 0.162. The zero-order valence-electron chi connectivity index (χ0n) is 46.3. The summed E-state index contributed by atoms with van der Waals surface area (Å²) in [4.78, 5) is 4.67. The second-order valence-corrected chi connectivity index (χ2v) is 23.2. The summed E-state index contributed by atoms with van der Waals surface area (Å²) in [7, 11) is 0. The van der Waals surface area contributed by atoms with E-state index >= 15 is 0 Å². The first-order valence-corrected chi connectivity index (χ1v) is 28.3. The molecule has 390 valence electrons. The van der Waals surface area contributed by atoms with Crippen LogP contribution in [0.1, 0.15) is 101 Å². The van der Waals surface area contributed by atoms with Crippen LogP contribution in [0, 0.1) is 0 Å². The van der Waals surface area contributed by atoms with E-state index < -0.39 is 0 Å². The van der Waals surface area contributed by atoms with E-state index in [9.17, 15) is 0 Å². The molecule has 4 heterocycles. The maximum absolute atomic E-state index is 6.93. The minimum atomic E-state index is 0.325. The Labute approximate surface area is 464 Å². The molecule has 4 aromatic heterocycles. The molecule has 0 spiro atoms. The molecule has 80 heavy (non-hydrogen) atoms. The lowest BCUT2D eigenvalue weighted by Crippen LogP contribution is -2.10. The monoisotopic (exact) mass is 1040 g/mol. The van der Waals surface area contributed by atoms with Gasteiger partial charge < -0.3 is 27.5 Å². The first-order valence-electron chi connectivity index (χ1n) is 28.3. The van der Waals surface area contributed by atoms with Crippen molar-refractivity contribution in [2.45, 2.75) is 79.1 Å². The lowest BCUT2D eigenvalue weighted by molar-refractivity contribution is 0.656. The van der Waals surface area contributed by atoms with Crippen molar-refractivity contribution in [2.24, 2.45) is 0 Å². The fourth-order valence-electron chi connectivity index (χ4n) is 12.6. The molecule has 0 aliphatic rings. The van der Waals surface area contributed by atoms with Gasteiger partial charge in [-0.05, 0) is 158 Å². The van der Waals surface area contributed by atoms with Crippen LogP contribution in [0.25, 0.3) is 109 Å². The molecule has 0 fully saturated rings. The molecule has 6 nitrogen and oxygen atoms in total. The minimum Gasteiger partial charge on any atom is -0.456 e. The molecule has 0 amide bonds. The first-order chi connectivity index (χ1) is 38.9. The molecule has 0 N–H and O–H groups in total. The van der Waals surface area contributed by atoms with Crippen LogP contribution in [0.3, 0.4) is 0 Å². The van der Waals surface area contributed by atoms with Crippen molar-refractivity contribution in [3.63, 3.8) is 0 Å². The second kappa shape index (κ2) is 18.2. The van der Waals surface area contributed by atoms with Crippen molar-refractivity contribution in [1.29, 1.82) is 0 Å². The molecular formula is C74H60N2O4. The second-order valence-electron chi connectivity index (χ2n) is 23.2. The van der Waals surface area contributed by atoms with Crippen molar-refractivity contribution >= 4 is 143 Å². The van der Waals surface area contributed by atoms with Gasteiger partial charge in [-0.25, -0.2) is 0 Å². The van der Waals surface area contributed by atoms with Crippen LogP contribution in [-0.2, 0) is 0 Å². The predicted molar refractivity (Wildman–Crippen MR) is 336 cm³/mol. The normalized spacial score (nSPS) is 12.4. The maximum Gasteiger partial charge on any atom is 0.159 e. The van der Waals surface area contributed by atoms with Gasteiger partial charge in [-0.15, -0.1) is 0 Å². The number of rotatable bonds is 10. The SMILES string of the molecule is CC(C)c1ccc(N(c2ccc3cc4c(cc3c2)oc2cc3oc5cc6cc(N(c7ccc(C(C)C)cc7)c7cccc8c7oc7c(C(C)C)cccc78)ccc6cc5c3cc24)c2cccc3c2oc2c(C(C)C)cccc23)cc1. The number of para-hydroxylation sites is 4. The first kappa shape index (κ1) is 47.9. The van der Waals surface area contributed by atoms with E-state index in [1.165, 1.54) is 22.3 Å². The Kier molecular flexibility index (Phi) is 10.9. The lowest BCUT2D eigenvalue weighted by Gasteiger charge is -2.26. The van der Waals surface area contributed by atoms with Crippen LogP contribution in [0.5, 0.6) is 0 Å². The Morgan fingerprint density at radius 1 is 0.263 bits per heavy atom. The number of furan rings is 4. The Balaban J connectivity index is 0.830. The van der Waals surface area contributed by atoms with Crippen LogP contribution in [0.15, 0.2) is 212 Å². The number of hydrogen-bond acceptors (Lipinski definition) is 6. The maximum atomic E-state index is 6.93. The number of fused-ring (bicyclic) bond motifs is 14. The molecule has 0 aliphatic carbocycles. The summed E-state index contributed by atoms with van der Waals surface area (Å²) >= 11 is 0. The Morgan fingerprint density at radius 3 is 1.02 bits per heavy atom. The highest BCUT2D eigenvalue weighted by molar-refractivity contribution is 6.19. The highest BCUT2D eigenvalue weighted by atomic mass is 16.3. The summed E-state index contributed by atoms with van der Waals surface area (Å²) in [5, 5.41) is 13.1. The molecule has 15 rings (SSSR count). The molecule has 0 radical (unpaired) electrons. The largest absolute Gasteiger partial charge is 0.456 e. The minimum absolute atomic E-state index is 0.325. The van der Waals surface area contributed by atoms with Crippen LogP contribution in [0.4, 0.5) is 34.1 Å². The standard InChI is InChI=1S/C74H60N2O4/c1-41(2)45-21-27-51(28-22-45)75(65-19-11-17-59-57-15-9-13-55(43(5)6)71(57)79-73(59)65)53-31-25-47-35-61-63-39-64-62-36-48-26-32-54(34-50(48)38-68(62)78-70(64)40-69(63)77-67(61)37-49(47)33-53)76(52-29-23-46(24-30-52)42(3)4)66-20-12-18-60-58-16-10-14-56(44(7)8)72(58)80-74(60)66/h9-44H,1-8H3.